The van der Waals surface area contributed by atoms with Crippen LogP contribution in [0.2, 0.25) is 10.0 Å². The molecule has 0 bridgehead atoms. The highest BCUT2D eigenvalue weighted by Crippen LogP contribution is 2.31. The van der Waals surface area contributed by atoms with Crippen LogP contribution in [0.1, 0.15) is 10.4 Å². The smallest absolute Gasteiger partial charge is 0.256 e. The maximum absolute atomic E-state index is 12.2. The number of primary sulfonamides is 1. The number of nitrogens with two attached hydrogens (primary N) is 1. The summed E-state index contributed by atoms with van der Waals surface area (Å²) in [5.74, 6) is -0.512. The zero-order valence-corrected chi connectivity index (χ0v) is 13.2. The fourth-order valence-corrected chi connectivity index (χ4v) is 2.93. The van der Waals surface area contributed by atoms with Gasteiger partial charge in [0.2, 0.25) is 10.0 Å². The van der Waals surface area contributed by atoms with Gasteiger partial charge in [-0.3, -0.25) is 4.79 Å². The zero-order chi connectivity index (χ0) is 15.5. The maximum Gasteiger partial charge on any atom is 0.256 e. The fourth-order valence-electron chi connectivity index (χ4n) is 1.47. The van der Waals surface area contributed by atoms with E-state index in [0.717, 1.165) is 6.07 Å². The minimum Gasteiger partial charge on any atom is -0.383 e. The first kappa shape index (κ1) is 17.2. The molecule has 0 spiro atoms. The highest BCUT2D eigenvalue weighted by molar-refractivity contribution is 7.89. The number of nitrogens with zero attached hydrogens (tertiary/aromatic N) is 1. The fraction of sp³-hybridized carbons (Fsp3) is 0.364. The molecule has 2 N–H and O–H groups in total. The second-order valence-electron chi connectivity index (χ2n) is 4.00. The summed E-state index contributed by atoms with van der Waals surface area (Å²) in [4.78, 5) is 13.2. The highest BCUT2D eigenvalue weighted by Gasteiger charge is 2.24. The van der Waals surface area contributed by atoms with Crippen molar-refractivity contribution in [1.82, 2.24) is 4.90 Å². The summed E-state index contributed by atoms with van der Waals surface area (Å²) < 4.78 is 27.6. The molecule has 1 aromatic rings. The van der Waals surface area contributed by atoms with Gasteiger partial charge in [0.05, 0.1) is 22.2 Å². The SMILES string of the molecule is COCCN(C)C(=O)c1c(Cl)ccc(S(N)(=O)=O)c1Cl. The van der Waals surface area contributed by atoms with E-state index in [1.54, 1.807) is 0 Å². The summed E-state index contributed by atoms with van der Waals surface area (Å²) in [6.45, 7) is 0.633. The molecule has 0 aliphatic carbocycles. The van der Waals surface area contributed by atoms with E-state index in [1.807, 2.05) is 0 Å². The number of methoxy groups -OCH3 is 1. The molecule has 9 heteroatoms. The van der Waals surface area contributed by atoms with Gasteiger partial charge in [-0.15, -0.1) is 0 Å². The maximum atomic E-state index is 12.2. The third kappa shape index (κ3) is 3.83. The summed E-state index contributed by atoms with van der Waals surface area (Å²) >= 11 is 11.9. The van der Waals surface area contributed by atoms with E-state index in [-0.39, 0.29) is 20.5 Å². The van der Waals surface area contributed by atoms with E-state index in [9.17, 15) is 13.2 Å². The largest absolute Gasteiger partial charge is 0.383 e. The van der Waals surface area contributed by atoms with Crippen molar-refractivity contribution < 1.29 is 17.9 Å². The van der Waals surface area contributed by atoms with Crippen LogP contribution in [0.15, 0.2) is 17.0 Å². The summed E-state index contributed by atoms with van der Waals surface area (Å²) in [6, 6.07) is 2.43. The molecule has 112 valence electrons. The molecule has 1 amide bonds. The number of carbonyl (C=O) groups excluding carboxylic acids is 1. The molecule has 0 radical (unpaired) electrons. The van der Waals surface area contributed by atoms with Gasteiger partial charge in [0.15, 0.2) is 0 Å². The number of hydrogen-bond acceptors (Lipinski definition) is 4. The van der Waals surface area contributed by atoms with Crippen molar-refractivity contribution in [3.63, 3.8) is 0 Å². The minimum absolute atomic E-state index is 0.0525. The van der Waals surface area contributed by atoms with Gasteiger partial charge >= 0.3 is 0 Å². The predicted molar refractivity (Wildman–Crippen MR) is 76.7 cm³/mol. The summed E-state index contributed by atoms with van der Waals surface area (Å²) in [5, 5.41) is 4.80. The first-order chi connectivity index (χ1) is 9.20. The third-order valence-corrected chi connectivity index (χ3v) is 4.33. The van der Waals surface area contributed by atoms with Gasteiger partial charge in [-0.25, -0.2) is 13.6 Å². The molecule has 0 aliphatic rings. The lowest BCUT2D eigenvalue weighted by Gasteiger charge is -2.19. The van der Waals surface area contributed by atoms with Crippen molar-refractivity contribution in [3.05, 3.63) is 27.7 Å². The van der Waals surface area contributed by atoms with Crippen molar-refractivity contribution in [2.75, 3.05) is 27.3 Å². The molecule has 1 rings (SSSR count). The van der Waals surface area contributed by atoms with Gasteiger partial charge < -0.3 is 9.64 Å². The number of benzene rings is 1. The standard InChI is InChI=1S/C11H14Cl2N2O4S/c1-15(5-6-19-2)11(16)9-7(12)3-4-8(10(9)13)20(14,17)18/h3-4H,5-6H2,1-2H3,(H2,14,17,18). The first-order valence-corrected chi connectivity index (χ1v) is 7.75. The van der Waals surface area contributed by atoms with E-state index in [2.05, 4.69) is 0 Å². The third-order valence-electron chi connectivity index (χ3n) is 2.55. The number of halogens is 2. The van der Waals surface area contributed by atoms with Crippen LogP contribution >= 0.6 is 23.2 Å². The molecular formula is C11H14Cl2N2O4S. The molecule has 0 saturated carbocycles. The van der Waals surface area contributed by atoms with E-state index in [0.29, 0.717) is 13.2 Å². The Balaban J connectivity index is 3.28. The van der Waals surface area contributed by atoms with Gasteiger partial charge in [0.1, 0.15) is 4.90 Å². The monoisotopic (exact) mass is 340 g/mol. The summed E-state index contributed by atoms with van der Waals surface area (Å²) in [5.41, 5.74) is -0.0986. The van der Waals surface area contributed by atoms with Crippen molar-refractivity contribution >= 4 is 39.1 Å². The number of amides is 1. The Morgan fingerprint density at radius 1 is 1.40 bits per heavy atom. The van der Waals surface area contributed by atoms with E-state index >= 15 is 0 Å². The van der Waals surface area contributed by atoms with Crippen LogP contribution in [-0.4, -0.2) is 46.5 Å². The molecule has 0 unspecified atom stereocenters. The second kappa shape index (κ2) is 6.73. The molecule has 0 saturated heterocycles. The minimum atomic E-state index is -4.03. The molecule has 0 aliphatic heterocycles. The second-order valence-corrected chi connectivity index (χ2v) is 6.31. The normalized spacial score (nSPS) is 11.4. The molecule has 6 nitrogen and oxygen atoms in total. The van der Waals surface area contributed by atoms with Crippen molar-refractivity contribution in [2.45, 2.75) is 4.90 Å². The number of likely N-dealkylation sites (N-methyl/N-ethyl adjacent to an activating group) is 1. The number of carbonyl (C=O) groups is 1. The van der Waals surface area contributed by atoms with Gasteiger partial charge in [0.25, 0.3) is 5.91 Å². The van der Waals surface area contributed by atoms with E-state index in [4.69, 9.17) is 33.1 Å². The zero-order valence-electron chi connectivity index (χ0n) is 10.9. The number of ether oxygens (including phenoxy) is 1. The van der Waals surface area contributed by atoms with Crippen LogP contribution < -0.4 is 5.14 Å². The lowest BCUT2D eigenvalue weighted by molar-refractivity contribution is 0.0744. The van der Waals surface area contributed by atoms with Crippen LogP contribution in [0.25, 0.3) is 0 Å². The van der Waals surface area contributed by atoms with Crippen molar-refractivity contribution in [1.29, 1.82) is 0 Å². The Bertz CT molecular complexity index is 619. The molecule has 20 heavy (non-hydrogen) atoms. The highest BCUT2D eigenvalue weighted by atomic mass is 35.5. The lowest BCUT2D eigenvalue weighted by atomic mass is 10.2. The molecule has 0 fully saturated rings. The predicted octanol–water partition coefficient (Wildman–Crippen LogP) is 1.36. The van der Waals surface area contributed by atoms with Crippen molar-refractivity contribution in [3.8, 4) is 0 Å². The quantitative estimate of drug-likeness (QED) is 0.876. The van der Waals surface area contributed by atoms with Crippen LogP contribution in [0.3, 0.4) is 0 Å². The molecular weight excluding hydrogens is 327 g/mol. The molecule has 0 heterocycles. The Hall–Kier alpha value is -0.860. The topological polar surface area (TPSA) is 89.7 Å². The molecule has 0 atom stereocenters. The van der Waals surface area contributed by atoms with E-state index in [1.165, 1.54) is 25.1 Å². The Morgan fingerprint density at radius 2 is 2.00 bits per heavy atom. The van der Waals surface area contributed by atoms with E-state index < -0.39 is 15.9 Å². The summed E-state index contributed by atoms with van der Waals surface area (Å²) in [7, 11) is -1.01. The van der Waals surface area contributed by atoms with Crippen molar-refractivity contribution in [2.24, 2.45) is 5.14 Å². The number of hydrogen-bond donors (Lipinski definition) is 1. The van der Waals surface area contributed by atoms with Crippen LogP contribution in [0.5, 0.6) is 0 Å². The lowest BCUT2D eigenvalue weighted by Crippen LogP contribution is -2.30. The van der Waals surface area contributed by atoms with Gasteiger partial charge in [-0.1, -0.05) is 23.2 Å². The average molecular weight is 341 g/mol. The molecule has 1 aromatic carbocycles. The first-order valence-electron chi connectivity index (χ1n) is 5.45. The van der Waals surface area contributed by atoms with Gasteiger partial charge in [-0.2, -0.15) is 0 Å². The van der Waals surface area contributed by atoms with Gasteiger partial charge in [0, 0.05) is 20.7 Å². The number of sulfonamides is 1. The van der Waals surface area contributed by atoms with Crippen LogP contribution in [-0.2, 0) is 14.8 Å². The molecule has 0 aromatic heterocycles. The van der Waals surface area contributed by atoms with Gasteiger partial charge in [-0.05, 0) is 12.1 Å². The Labute approximate surface area is 127 Å². The Morgan fingerprint density at radius 3 is 2.50 bits per heavy atom. The van der Waals surface area contributed by atoms with Crippen LogP contribution in [0.4, 0.5) is 0 Å². The Kier molecular flexibility index (Phi) is 5.79. The number of rotatable bonds is 5. The summed E-state index contributed by atoms with van der Waals surface area (Å²) in [6.07, 6.45) is 0. The average Bonchev–Trinajstić information content (AvgIpc) is 2.34. The van der Waals surface area contributed by atoms with Crippen LogP contribution in [0, 0.1) is 0 Å².